The third kappa shape index (κ3) is 5.22. The molecule has 3 aromatic rings. The van der Waals surface area contributed by atoms with Crippen LogP contribution in [0.4, 0.5) is 22.9 Å². The van der Waals surface area contributed by atoms with E-state index in [1.807, 2.05) is 74.4 Å². The Morgan fingerprint density at radius 1 is 1.07 bits per heavy atom. The van der Waals surface area contributed by atoms with E-state index in [0.717, 1.165) is 17.1 Å². The third-order valence-corrected chi connectivity index (χ3v) is 4.16. The molecule has 0 radical (unpaired) electrons. The largest absolute Gasteiger partial charge is 0.492 e. The molecule has 150 valence electrons. The second-order valence-corrected chi connectivity index (χ2v) is 6.64. The molecule has 0 fully saturated rings. The maximum Gasteiger partial charge on any atom is 0.274 e. The van der Waals surface area contributed by atoms with E-state index in [1.165, 1.54) is 0 Å². The number of hydrogen-bond acceptors (Lipinski definition) is 6. The molecule has 0 atom stereocenters. The fraction of sp³-hybridized carbons (Fsp3) is 0.227. The second-order valence-electron chi connectivity index (χ2n) is 6.64. The molecule has 1 aromatic heterocycles. The van der Waals surface area contributed by atoms with Crippen LogP contribution in [0.2, 0.25) is 0 Å². The van der Waals surface area contributed by atoms with Gasteiger partial charge < -0.3 is 20.3 Å². The predicted octanol–water partition coefficient (Wildman–Crippen LogP) is 4.25. The normalized spacial score (nSPS) is 10.3. The van der Waals surface area contributed by atoms with Crippen LogP contribution in [0.1, 0.15) is 23.2 Å². The summed E-state index contributed by atoms with van der Waals surface area (Å²) < 4.78 is 5.63. The average molecular weight is 391 g/mol. The third-order valence-electron chi connectivity index (χ3n) is 4.16. The first kappa shape index (κ1) is 20.1. The first-order chi connectivity index (χ1) is 14.0. The zero-order chi connectivity index (χ0) is 20.8. The topological polar surface area (TPSA) is 79.4 Å². The minimum atomic E-state index is -0.297. The zero-order valence-corrected chi connectivity index (χ0v) is 17.1. The summed E-state index contributed by atoms with van der Waals surface area (Å²) in [6, 6.07) is 16.8. The van der Waals surface area contributed by atoms with Gasteiger partial charge >= 0.3 is 0 Å². The highest BCUT2D eigenvalue weighted by atomic mass is 16.5. The van der Waals surface area contributed by atoms with E-state index in [2.05, 4.69) is 20.6 Å². The van der Waals surface area contributed by atoms with Crippen molar-refractivity contribution in [3.63, 3.8) is 0 Å². The summed E-state index contributed by atoms with van der Waals surface area (Å²) in [6.45, 7) is 4.24. The van der Waals surface area contributed by atoms with Crippen LogP contribution in [0, 0.1) is 6.92 Å². The molecule has 0 aliphatic carbocycles. The Hall–Kier alpha value is -3.61. The fourth-order valence-corrected chi connectivity index (χ4v) is 2.78. The fourth-order valence-electron chi connectivity index (χ4n) is 2.78. The average Bonchev–Trinajstić information content (AvgIpc) is 2.69. The van der Waals surface area contributed by atoms with Crippen molar-refractivity contribution in [1.29, 1.82) is 0 Å². The monoisotopic (exact) mass is 391 g/mol. The lowest BCUT2D eigenvalue weighted by Crippen LogP contribution is -2.15. The number of ether oxygens (including phenoxy) is 1. The highest BCUT2D eigenvalue weighted by molar-refractivity contribution is 6.03. The highest BCUT2D eigenvalue weighted by Crippen LogP contribution is 2.27. The van der Waals surface area contributed by atoms with Crippen LogP contribution in [0.5, 0.6) is 5.75 Å². The molecule has 0 saturated carbocycles. The van der Waals surface area contributed by atoms with Gasteiger partial charge in [0.05, 0.1) is 12.3 Å². The SMILES string of the molecule is CCOc1ccccc1Nc1cc(C(=O)Nc2ccc(N(C)C)cc2)nc(C)n1. The Bertz CT molecular complexity index is 987. The number of aromatic nitrogens is 2. The van der Waals surface area contributed by atoms with Gasteiger partial charge in [-0.2, -0.15) is 0 Å². The minimum Gasteiger partial charge on any atom is -0.492 e. The first-order valence-electron chi connectivity index (χ1n) is 9.39. The van der Waals surface area contributed by atoms with Gasteiger partial charge in [0.1, 0.15) is 23.1 Å². The van der Waals surface area contributed by atoms with Gasteiger partial charge in [-0.15, -0.1) is 0 Å². The number of amides is 1. The van der Waals surface area contributed by atoms with E-state index in [1.54, 1.807) is 13.0 Å². The van der Waals surface area contributed by atoms with Crippen LogP contribution in [0.25, 0.3) is 0 Å². The lowest BCUT2D eigenvalue weighted by atomic mass is 10.2. The van der Waals surface area contributed by atoms with Crippen molar-refractivity contribution in [1.82, 2.24) is 9.97 Å². The van der Waals surface area contributed by atoms with Crippen molar-refractivity contribution < 1.29 is 9.53 Å². The molecular weight excluding hydrogens is 366 g/mol. The molecule has 1 amide bonds. The van der Waals surface area contributed by atoms with E-state index in [-0.39, 0.29) is 11.6 Å². The number of carbonyl (C=O) groups is 1. The summed E-state index contributed by atoms with van der Waals surface area (Å²) in [7, 11) is 3.94. The number of nitrogens with one attached hydrogen (secondary N) is 2. The maximum absolute atomic E-state index is 12.7. The Balaban J connectivity index is 1.79. The molecule has 0 unspecified atom stereocenters. The number of carbonyl (C=O) groups excluding carboxylic acids is 1. The molecule has 7 nitrogen and oxygen atoms in total. The molecule has 7 heteroatoms. The molecule has 0 spiro atoms. The molecule has 0 aliphatic rings. The quantitative estimate of drug-likeness (QED) is 0.627. The smallest absolute Gasteiger partial charge is 0.274 e. The molecule has 1 heterocycles. The summed E-state index contributed by atoms with van der Waals surface area (Å²) in [5, 5.41) is 6.09. The van der Waals surface area contributed by atoms with Crippen LogP contribution in [0.3, 0.4) is 0 Å². The Morgan fingerprint density at radius 3 is 2.48 bits per heavy atom. The van der Waals surface area contributed by atoms with E-state index in [0.29, 0.717) is 23.9 Å². The van der Waals surface area contributed by atoms with Gasteiger partial charge in [-0.25, -0.2) is 9.97 Å². The summed E-state index contributed by atoms with van der Waals surface area (Å²) in [4.78, 5) is 23.4. The molecule has 0 saturated heterocycles. The second kappa shape index (κ2) is 9.05. The van der Waals surface area contributed by atoms with Gasteiger partial charge in [0.15, 0.2) is 0 Å². The highest BCUT2D eigenvalue weighted by Gasteiger charge is 2.12. The van der Waals surface area contributed by atoms with Crippen molar-refractivity contribution in [3.05, 3.63) is 66.1 Å². The summed E-state index contributed by atoms with van der Waals surface area (Å²) in [6.07, 6.45) is 0. The number of anilines is 4. The van der Waals surface area contributed by atoms with Crippen LogP contribution < -0.4 is 20.3 Å². The lowest BCUT2D eigenvalue weighted by Gasteiger charge is -2.14. The maximum atomic E-state index is 12.7. The lowest BCUT2D eigenvalue weighted by molar-refractivity contribution is 0.102. The Kier molecular flexibility index (Phi) is 6.29. The van der Waals surface area contributed by atoms with Crippen molar-refractivity contribution in [2.75, 3.05) is 36.2 Å². The van der Waals surface area contributed by atoms with E-state index >= 15 is 0 Å². The Labute approximate surface area is 170 Å². The zero-order valence-electron chi connectivity index (χ0n) is 17.1. The van der Waals surface area contributed by atoms with E-state index in [4.69, 9.17) is 4.74 Å². The molecule has 3 rings (SSSR count). The molecule has 0 bridgehead atoms. The number of nitrogens with zero attached hydrogens (tertiary/aromatic N) is 3. The number of benzene rings is 2. The summed E-state index contributed by atoms with van der Waals surface area (Å²) >= 11 is 0. The minimum absolute atomic E-state index is 0.283. The number of para-hydroxylation sites is 2. The van der Waals surface area contributed by atoms with Crippen LogP contribution in [0.15, 0.2) is 54.6 Å². The van der Waals surface area contributed by atoms with Gasteiger partial charge in [-0.3, -0.25) is 4.79 Å². The Morgan fingerprint density at radius 2 is 1.79 bits per heavy atom. The standard InChI is InChI=1S/C22H25N5O2/c1-5-29-20-9-7-6-8-18(20)26-21-14-19(23-15(2)24-21)22(28)25-16-10-12-17(13-11-16)27(3)4/h6-14H,5H2,1-4H3,(H,25,28)(H,23,24,26). The van der Waals surface area contributed by atoms with Gasteiger partial charge in [-0.05, 0) is 50.2 Å². The van der Waals surface area contributed by atoms with Gasteiger partial charge in [0.25, 0.3) is 5.91 Å². The van der Waals surface area contributed by atoms with Gasteiger partial charge in [0, 0.05) is 31.5 Å². The number of rotatable bonds is 7. The van der Waals surface area contributed by atoms with Crippen LogP contribution in [-0.4, -0.2) is 36.6 Å². The predicted molar refractivity (Wildman–Crippen MR) is 116 cm³/mol. The number of aryl methyl sites for hydroxylation is 1. The molecule has 2 aromatic carbocycles. The molecule has 29 heavy (non-hydrogen) atoms. The molecular formula is C22H25N5O2. The van der Waals surface area contributed by atoms with Crippen molar-refractivity contribution >= 4 is 28.8 Å². The molecule has 0 aliphatic heterocycles. The van der Waals surface area contributed by atoms with Crippen molar-refractivity contribution in [2.45, 2.75) is 13.8 Å². The van der Waals surface area contributed by atoms with Crippen LogP contribution in [-0.2, 0) is 0 Å². The van der Waals surface area contributed by atoms with Gasteiger partial charge in [-0.1, -0.05) is 12.1 Å². The summed E-state index contributed by atoms with van der Waals surface area (Å²) in [5.74, 6) is 1.45. The summed E-state index contributed by atoms with van der Waals surface area (Å²) in [5.41, 5.74) is 2.82. The number of hydrogen-bond donors (Lipinski definition) is 2. The van der Waals surface area contributed by atoms with E-state index < -0.39 is 0 Å². The van der Waals surface area contributed by atoms with Crippen molar-refractivity contribution in [3.8, 4) is 5.75 Å². The first-order valence-corrected chi connectivity index (χ1v) is 9.39. The van der Waals surface area contributed by atoms with Gasteiger partial charge in [0.2, 0.25) is 0 Å². The van der Waals surface area contributed by atoms with E-state index in [9.17, 15) is 4.79 Å². The van der Waals surface area contributed by atoms with Crippen molar-refractivity contribution in [2.24, 2.45) is 0 Å². The van der Waals surface area contributed by atoms with Crippen LogP contribution >= 0.6 is 0 Å². The molecule has 2 N–H and O–H groups in total.